The summed E-state index contributed by atoms with van der Waals surface area (Å²) >= 11 is 0. The number of halogens is 2. The van der Waals surface area contributed by atoms with Crippen LogP contribution < -0.4 is 0 Å². The van der Waals surface area contributed by atoms with Gasteiger partial charge in [-0.2, -0.15) is 0 Å². The molecule has 0 saturated carbocycles. The first-order valence-corrected chi connectivity index (χ1v) is 4.13. The molecular formula is C11H10F2O. The van der Waals surface area contributed by atoms with Crippen LogP contribution in [0.2, 0.25) is 0 Å². The number of benzene rings is 1. The molecule has 3 heteroatoms. The van der Waals surface area contributed by atoms with Gasteiger partial charge in [-0.25, -0.2) is 8.78 Å². The van der Waals surface area contributed by atoms with Gasteiger partial charge in [0.05, 0.1) is 0 Å². The second-order valence-electron chi connectivity index (χ2n) is 2.77. The topological polar surface area (TPSA) is 20.2 Å². The molecule has 0 aliphatic rings. The Morgan fingerprint density at radius 1 is 1.29 bits per heavy atom. The summed E-state index contributed by atoms with van der Waals surface area (Å²) in [7, 11) is 0. The van der Waals surface area contributed by atoms with Crippen LogP contribution >= 0.6 is 0 Å². The molecule has 0 aliphatic carbocycles. The number of aliphatic hydroxyl groups excluding tert-OH is 1. The van der Waals surface area contributed by atoms with E-state index in [9.17, 15) is 13.9 Å². The van der Waals surface area contributed by atoms with Crippen LogP contribution in [0, 0.1) is 11.8 Å². The Bertz CT molecular complexity index is 363. The lowest BCUT2D eigenvalue weighted by Gasteiger charge is -2.05. The van der Waals surface area contributed by atoms with Gasteiger partial charge in [-0.15, -0.1) is 5.92 Å². The molecule has 1 atom stereocenters. The average molecular weight is 196 g/mol. The largest absolute Gasteiger partial charge is 0.376 e. The Morgan fingerprint density at radius 2 is 1.93 bits per heavy atom. The van der Waals surface area contributed by atoms with Crippen molar-refractivity contribution in [2.45, 2.75) is 19.5 Å². The first kappa shape index (κ1) is 10.7. The minimum atomic E-state index is -2.52. The van der Waals surface area contributed by atoms with Gasteiger partial charge in [0.25, 0.3) is 6.43 Å². The molecule has 1 aromatic rings. The van der Waals surface area contributed by atoms with Gasteiger partial charge in [0.1, 0.15) is 6.10 Å². The van der Waals surface area contributed by atoms with E-state index in [4.69, 9.17) is 0 Å². The Kier molecular flexibility index (Phi) is 3.61. The molecule has 0 saturated heterocycles. The summed E-state index contributed by atoms with van der Waals surface area (Å²) in [6.45, 7) is 1.58. The van der Waals surface area contributed by atoms with Gasteiger partial charge in [0.2, 0.25) is 0 Å². The normalized spacial score (nSPS) is 12.1. The summed E-state index contributed by atoms with van der Waals surface area (Å²) in [4.78, 5) is 0. The first-order valence-electron chi connectivity index (χ1n) is 4.13. The zero-order valence-electron chi connectivity index (χ0n) is 7.67. The highest BCUT2D eigenvalue weighted by atomic mass is 19.3. The lowest BCUT2D eigenvalue weighted by atomic mass is 10.1. The Morgan fingerprint density at radius 3 is 2.50 bits per heavy atom. The summed E-state index contributed by atoms with van der Waals surface area (Å²) < 4.78 is 24.6. The van der Waals surface area contributed by atoms with Gasteiger partial charge in [0, 0.05) is 5.56 Å². The van der Waals surface area contributed by atoms with E-state index in [-0.39, 0.29) is 5.56 Å². The highest BCUT2D eigenvalue weighted by molar-refractivity contribution is 5.29. The maximum absolute atomic E-state index is 12.3. The molecule has 0 heterocycles. The number of rotatable bonds is 2. The third-order valence-corrected chi connectivity index (χ3v) is 1.76. The lowest BCUT2D eigenvalue weighted by Crippen LogP contribution is -1.95. The average Bonchev–Trinajstić information content (AvgIpc) is 2.18. The monoisotopic (exact) mass is 196 g/mol. The van der Waals surface area contributed by atoms with Crippen molar-refractivity contribution >= 4 is 0 Å². The molecule has 0 aliphatic heterocycles. The molecule has 0 fully saturated rings. The van der Waals surface area contributed by atoms with E-state index in [0.717, 1.165) is 0 Å². The highest BCUT2D eigenvalue weighted by Gasteiger charge is 2.09. The fourth-order valence-electron chi connectivity index (χ4n) is 1.08. The Balaban J connectivity index is 2.97. The van der Waals surface area contributed by atoms with Gasteiger partial charge in [-0.3, -0.25) is 0 Å². The fourth-order valence-corrected chi connectivity index (χ4v) is 1.08. The van der Waals surface area contributed by atoms with Crippen molar-refractivity contribution in [3.63, 3.8) is 0 Å². The van der Waals surface area contributed by atoms with Crippen LogP contribution in [0.25, 0.3) is 0 Å². The van der Waals surface area contributed by atoms with Crippen LogP contribution in [0.1, 0.15) is 30.6 Å². The van der Waals surface area contributed by atoms with Crippen LogP contribution in [0.3, 0.4) is 0 Å². The van der Waals surface area contributed by atoms with Crippen molar-refractivity contribution in [1.82, 2.24) is 0 Å². The molecule has 0 amide bonds. The van der Waals surface area contributed by atoms with E-state index in [1.807, 2.05) is 0 Å². The Hall–Kier alpha value is -1.40. The molecule has 0 bridgehead atoms. The zero-order chi connectivity index (χ0) is 10.6. The number of aliphatic hydroxyl groups is 1. The summed E-state index contributed by atoms with van der Waals surface area (Å²) in [5, 5.41) is 9.41. The molecule has 1 N–H and O–H groups in total. The van der Waals surface area contributed by atoms with E-state index < -0.39 is 12.5 Å². The van der Waals surface area contributed by atoms with E-state index in [0.29, 0.717) is 5.56 Å². The van der Waals surface area contributed by atoms with Crippen molar-refractivity contribution in [2.75, 3.05) is 0 Å². The molecule has 1 unspecified atom stereocenters. The predicted octanol–water partition coefficient (Wildman–Crippen LogP) is 2.68. The van der Waals surface area contributed by atoms with Crippen LogP contribution in [0.5, 0.6) is 0 Å². The highest BCUT2D eigenvalue weighted by Crippen LogP contribution is 2.22. The van der Waals surface area contributed by atoms with E-state index in [1.165, 1.54) is 18.2 Å². The maximum atomic E-state index is 12.3. The molecule has 74 valence electrons. The van der Waals surface area contributed by atoms with E-state index in [1.54, 1.807) is 13.0 Å². The van der Waals surface area contributed by atoms with Crippen LogP contribution in [-0.4, -0.2) is 5.11 Å². The van der Waals surface area contributed by atoms with Crippen molar-refractivity contribution in [3.8, 4) is 11.8 Å². The first-order chi connectivity index (χ1) is 6.65. The number of hydrogen-bond donors (Lipinski definition) is 1. The number of alkyl halides is 2. The van der Waals surface area contributed by atoms with Gasteiger partial charge >= 0.3 is 0 Å². The summed E-state index contributed by atoms with van der Waals surface area (Å²) in [6.07, 6.45) is -3.50. The minimum Gasteiger partial charge on any atom is -0.376 e. The van der Waals surface area contributed by atoms with Crippen molar-refractivity contribution in [3.05, 3.63) is 35.4 Å². The van der Waals surface area contributed by atoms with Crippen molar-refractivity contribution < 1.29 is 13.9 Å². The molecule has 0 spiro atoms. The van der Waals surface area contributed by atoms with Gasteiger partial charge in [-0.1, -0.05) is 24.1 Å². The van der Waals surface area contributed by atoms with Crippen LogP contribution in [0.15, 0.2) is 24.3 Å². The molecule has 0 aromatic heterocycles. The standard InChI is InChI=1S/C11H10F2O/c1-2-4-10(14)8-5-3-6-9(7-8)11(12)13/h3,5-7,10-11,14H,1H3. The zero-order valence-corrected chi connectivity index (χ0v) is 7.67. The second kappa shape index (κ2) is 4.73. The predicted molar refractivity (Wildman–Crippen MR) is 49.8 cm³/mol. The SMILES string of the molecule is CC#CC(O)c1cccc(C(F)F)c1. The maximum Gasteiger partial charge on any atom is 0.263 e. The molecule has 1 aromatic carbocycles. The lowest BCUT2D eigenvalue weighted by molar-refractivity contribution is 0.151. The van der Waals surface area contributed by atoms with Crippen molar-refractivity contribution in [2.24, 2.45) is 0 Å². The smallest absolute Gasteiger partial charge is 0.263 e. The van der Waals surface area contributed by atoms with Gasteiger partial charge in [-0.05, 0) is 18.6 Å². The van der Waals surface area contributed by atoms with Crippen LogP contribution in [-0.2, 0) is 0 Å². The molecular weight excluding hydrogens is 186 g/mol. The molecule has 14 heavy (non-hydrogen) atoms. The summed E-state index contributed by atoms with van der Waals surface area (Å²) in [5.41, 5.74) is 0.302. The third-order valence-electron chi connectivity index (χ3n) is 1.76. The molecule has 1 rings (SSSR count). The summed E-state index contributed by atoms with van der Waals surface area (Å²) in [5.74, 6) is 5.02. The quantitative estimate of drug-likeness (QED) is 0.721. The number of hydrogen-bond acceptors (Lipinski definition) is 1. The van der Waals surface area contributed by atoms with Gasteiger partial charge < -0.3 is 5.11 Å². The Labute approximate surface area is 81.4 Å². The van der Waals surface area contributed by atoms with Crippen molar-refractivity contribution in [1.29, 1.82) is 0 Å². The third kappa shape index (κ3) is 2.54. The van der Waals surface area contributed by atoms with E-state index >= 15 is 0 Å². The minimum absolute atomic E-state index is 0.0977. The van der Waals surface area contributed by atoms with Crippen LogP contribution in [0.4, 0.5) is 8.78 Å². The summed E-state index contributed by atoms with van der Waals surface area (Å²) in [6, 6.07) is 5.64. The molecule has 0 radical (unpaired) electrons. The van der Waals surface area contributed by atoms with Gasteiger partial charge in [0.15, 0.2) is 0 Å². The van der Waals surface area contributed by atoms with E-state index in [2.05, 4.69) is 11.8 Å². The fraction of sp³-hybridized carbons (Fsp3) is 0.273. The second-order valence-corrected chi connectivity index (χ2v) is 2.77. The molecule has 1 nitrogen and oxygen atoms in total.